The average Bonchev–Trinajstić information content (AvgIpc) is 2.05. The molecule has 7 nitrogen and oxygen atoms in total. The van der Waals surface area contributed by atoms with E-state index in [1.165, 1.54) is 0 Å². The number of carboxylic acids is 1. The van der Waals surface area contributed by atoms with Gasteiger partial charge in [-0.15, -0.1) is 0 Å². The summed E-state index contributed by atoms with van der Waals surface area (Å²) in [4.78, 5) is 10.5. The second kappa shape index (κ2) is 4.27. The van der Waals surface area contributed by atoms with Gasteiger partial charge in [0.15, 0.2) is 0 Å². The zero-order valence-corrected chi connectivity index (χ0v) is 8.35. The summed E-state index contributed by atoms with van der Waals surface area (Å²) < 4.78 is 33.2. The highest BCUT2D eigenvalue weighted by molar-refractivity contribution is 7.80. The Labute approximate surface area is 85.9 Å². The Kier molecular flexibility index (Phi) is 3.45. The van der Waals surface area contributed by atoms with Gasteiger partial charge in [-0.25, -0.2) is 8.98 Å². The van der Waals surface area contributed by atoms with E-state index >= 15 is 0 Å². The molecule has 0 radical (unpaired) electrons. The maximum atomic E-state index is 10.5. The second-order valence-electron chi connectivity index (χ2n) is 3.09. The lowest BCUT2D eigenvalue weighted by molar-refractivity contribution is -0.133. The van der Waals surface area contributed by atoms with Gasteiger partial charge in [-0.05, 0) is 18.9 Å². The maximum Gasteiger partial charge on any atom is 0.397 e. The molecular weight excluding hydrogens is 228 g/mol. The van der Waals surface area contributed by atoms with Crippen LogP contribution in [0, 0.1) is 0 Å². The SMILES string of the molecule is O=C(O)C1=C[C@H](O)C(OS(=O)(=O)O)CC1. The first-order valence-electron chi connectivity index (χ1n) is 4.07. The van der Waals surface area contributed by atoms with E-state index in [4.69, 9.17) is 9.66 Å². The molecule has 1 unspecified atom stereocenters. The van der Waals surface area contributed by atoms with Gasteiger partial charge < -0.3 is 10.2 Å². The van der Waals surface area contributed by atoms with Crippen molar-refractivity contribution >= 4 is 16.4 Å². The van der Waals surface area contributed by atoms with E-state index in [0.717, 1.165) is 6.08 Å². The van der Waals surface area contributed by atoms with Crippen LogP contribution in [-0.4, -0.2) is 41.4 Å². The number of aliphatic hydroxyl groups is 1. The molecule has 0 aromatic carbocycles. The molecule has 3 N–H and O–H groups in total. The minimum Gasteiger partial charge on any atom is -0.478 e. The first-order valence-corrected chi connectivity index (χ1v) is 5.44. The fraction of sp³-hybridized carbons (Fsp3) is 0.571. The van der Waals surface area contributed by atoms with Crippen LogP contribution < -0.4 is 0 Å². The molecule has 0 amide bonds. The Balaban J connectivity index is 2.73. The van der Waals surface area contributed by atoms with Crippen LogP contribution in [0.25, 0.3) is 0 Å². The Bertz CT molecular complexity index is 382. The summed E-state index contributed by atoms with van der Waals surface area (Å²) in [6.45, 7) is 0. The smallest absolute Gasteiger partial charge is 0.397 e. The molecule has 15 heavy (non-hydrogen) atoms. The zero-order valence-electron chi connectivity index (χ0n) is 7.53. The molecule has 86 valence electrons. The van der Waals surface area contributed by atoms with E-state index in [1.807, 2.05) is 0 Å². The minimum atomic E-state index is -4.63. The first kappa shape index (κ1) is 12.1. The standard InChI is InChI=1S/C7H10O7S/c8-5-3-4(7(9)10)1-2-6(5)14-15(11,12)13/h3,5-6,8H,1-2H2,(H,9,10)(H,11,12,13)/t5-,6?/m0/s1. The van der Waals surface area contributed by atoms with E-state index in [0.29, 0.717) is 0 Å². The second-order valence-corrected chi connectivity index (χ2v) is 4.14. The van der Waals surface area contributed by atoms with Gasteiger partial charge in [0, 0.05) is 5.57 Å². The number of rotatable bonds is 3. The van der Waals surface area contributed by atoms with Gasteiger partial charge in [0.1, 0.15) is 12.2 Å². The van der Waals surface area contributed by atoms with Gasteiger partial charge in [-0.3, -0.25) is 4.55 Å². The number of aliphatic carboxylic acids is 1. The van der Waals surface area contributed by atoms with Gasteiger partial charge in [0.2, 0.25) is 0 Å². The molecule has 1 aliphatic rings. The van der Waals surface area contributed by atoms with Crippen molar-refractivity contribution in [3.8, 4) is 0 Å². The number of carboxylic acid groups (broad SMARTS) is 1. The van der Waals surface area contributed by atoms with Crippen LogP contribution in [0.3, 0.4) is 0 Å². The molecule has 0 aromatic rings. The van der Waals surface area contributed by atoms with Crippen molar-refractivity contribution in [1.82, 2.24) is 0 Å². The van der Waals surface area contributed by atoms with Crippen molar-refractivity contribution < 1.29 is 32.2 Å². The summed E-state index contributed by atoms with van der Waals surface area (Å²) in [7, 11) is -4.63. The molecule has 1 rings (SSSR count). The number of hydrogen-bond acceptors (Lipinski definition) is 5. The van der Waals surface area contributed by atoms with Gasteiger partial charge in [-0.2, -0.15) is 8.42 Å². The van der Waals surface area contributed by atoms with Crippen LogP contribution in [-0.2, 0) is 19.4 Å². The fourth-order valence-corrected chi connectivity index (χ4v) is 1.83. The topological polar surface area (TPSA) is 121 Å². The lowest BCUT2D eigenvalue weighted by atomic mass is 9.95. The van der Waals surface area contributed by atoms with E-state index in [1.54, 1.807) is 0 Å². The van der Waals surface area contributed by atoms with Crippen LogP contribution in [0.1, 0.15) is 12.8 Å². The molecule has 0 spiro atoms. The van der Waals surface area contributed by atoms with Crippen LogP contribution in [0.5, 0.6) is 0 Å². The van der Waals surface area contributed by atoms with Crippen LogP contribution in [0.2, 0.25) is 0 Å². The predicted molar refractivity (Wildman–Crippen MR) is 47.4 cm³/mol. The van der Waals surface area contributed by atoms with Crippen molar-refractivity contribution in [2.24, 2.45) is 0 Å². The van der Waals surface area contributed by atoms with E-state index in [9.17, 15) is 18.3 Å². The monoisotopic (exact) mass is 238 g/mol. The molecule has 0 bridgehead atoms. The Morgan fingerprint density at radius 3 is 2.53 bits per heavy atom. The summed E-state index contributed by atoms with van der Waals surface area (Å²) in [6, 6.07) is 0. The molecule has 0 saturated heterocycles. The highest BCUT2D eigenvalue weighted by atomic mass is 32.3. The van der Waals surface area contributed by atoms with Gasteiger partial charge in [0.25, 0.3) is 0 Å². The number of carbonyl (C=O) groups is 1. The van der Waals surface area contributed by atoms with Crippen molar-refractivity contribution in [1.29, 1.82) is 0 Å². The van der Waals surface area contributed by atoms with Crippen LogP contribution in [0.4, 0.5) is 0 Å². The first-order chi connectivity index (χ1) is 6.79. The van der Waals surface area contributed by atoms with E-state index in [2.05, 4.69) is 4.18 Å². The molecule has 0 saturated carbocycles. The lowest BCUT2D eigenvalue weighted by Gasteiger charge is -2.23. The predicted octanol–water partition coefficient (Wildman–Crippen LogP) is -0.660. The Morgan fingerprint density at radius 2 is 2.13 bits per heavy atom. The van der Waals surface area contributed by atoms with E-state index in [-0.39, 0.29) is 18.4 Å². The summed E-state index contributed by atoms with van der Waals surface area (Å²) in [5.41, 5.74) is -0.00214. The summed E-state index contributed by atoms with van der Waals surface area (Å²) in [5, 5.41) is 17.9. The summed E-state index contributed by atoms with van der Waals surface area (Å²) >= 11 is 0. The maximum absolute atomic E-state index is 10.5. The lowest BCUT2D eigenvalue weighted by Crippen LogP contribution is -2.33. The number of hydrogen-bond donors (Lipinski definition) is 3. The van der Waals surface area contributed by atoms with Crippen LogP contribution >= 0.6 is 0 Å². The molecule has 8 heteroatoms. The third kappa shape index (κ3) is 3.59. The highest BCUT2D eigenvalue weighted by Crippen LogP contribution is 2.22. The zero-order chi connectivity index (χ0) is 11.6. The highest BCUT2D eigenvalue weighted by Gasteiger charge is 2.29. The largest absolute Gasteiger partial charge is 0.478 e. The molecular formula is C7H10O7S. The van der Waals surface area contributed by atoms with Crippen molar-refractivity contribution in [3.05, 3.63) is 11.6 Å². The van der Waals surface area contributed by atoms with Crippen molar-refractivity contribution in [2.45, 2.75) is 25.0 Å². The van der Waals surface area contributed by atoms with Crippen LogP contribution in [0.15, 0.2) is 11.6 Å². The van der Waals surface area contributed by atoms with Gasteiger partial charge in [0.05, 0.1) is 0 Å². The Hall–Kier alpha value is -0.960. The summed E-state index contributed by atoms with van der Waals surface area (Å²) in [5.74, 6) is -1.17. The van der Waals surface area contributed by atoms with Gasteiger partial charge >= 0.3 is 16.4 Å². The summed E-state index contributed by atoms with van der Waals surface area (Å²) in [6.07, 6.45) is -1.40. The third-order valence-electron chi connectivity index (χ3n) is 1.97. The quantitative estimate of drug-likeness (QED) is 0.558. The minimum absolute atomic E-state index is 0.00214. The third-order valence-corrected chi connectivity index (χ3v) is 2.46. The number of aliphatic hydroxyl groups excluding tert-OH is 1. The molecule has 2 atom stereocenters. The molecule has 0 heterocycles. The van der Waals surface area contributed by atoms with Gasteiger partial charge in [-0.1, -0.05) is 0 Å². The van der Waals surface area contributed by atoms with E-state index < -0.39 is 28.6 Å². The Morgan fingerprint density at radius 1 is 1.53 bits per heavy atom. The fourth-order valence-electron chi connectivity index (χ4n) is 1.30. The molecule has 1 aliphatic carbocycles. The van der Waals surface area contributed by atoms with Crippen molar-refractivity contribution in [3.63, 3.8) is 0 Å². The normalized spacial score (nSPS) is 27.2. The molecule has 0 aliphatic heterocycles. The van der Waals surface area contributed by atoms with Crippen molar-refractivity contribution in [2.75, 3.05) is 0 Å². The molecule has 0 aromatic heterocycles. The average molecular weight is 238 g/mol. The molecule has 0 fully saturated rings.